The Hall–Kier alpha value is -1.36. The van der Waals surface area contributed by atoms with Crippen molar-refractivity contribution in [3.63, 3.8) is 0 Å². The van der Waals surface area contributed by atoms with Crippen molar-refractivity contribution in [3.05, 3.63) is 11.9 Å². The Balaban J connectivity index is 2.91. The Labute approximate surface area is 109 Å². The minimum Gasteiger partial charge on any atom is -0.478 e. The lowest BCUT2D eigenvalue weighted by Crippen LogP contribution is -2.18. The number of hydrogen-bond acceptors (Lipinski definition) is 5. The van der Waals surface area contributed by atoms with Crippen LogP contribution in [0.15, 0.2) is 6.07 Å². The first kappa shape index (κ1) is 14.7. The van der Waals surface area contributed by atoms with Gasteiger partial charge >= 0.3 is 0 Å². The summed E-state index contributed by atoms with van der Waals surface area (Å²) in [4.78, 5) is 8.92. The first-order valence-corrected chi connectivity index (χ1v) is 6.22. The smallest absolute Gasteiger partial charge is 0.218 e. The van der Waals surface area contributed by atoms with Gasteiger partial charge in [0.2, 0.25) is 5.88 Å². The summed E-state index contributed by atoms with van der Waals surface area (Å²) in [5.41, 5.74) is -0.106. The van der Waals surface area contributed by atoms with Crippen LogP contribution >= 0.6 is 0 Å². The summed E-state index contributed by atoms with van der Waals surface area (Å²) in [5.74, 6) is 2.15. The molecule has 0 aliphatic rings. The highest BCUT2D eigenvalue weighted by molar-refractivity contribution is 5.39. The third-order valence-electron chi connectivity index (χ3n) is 2.28. The Morgan fingerprint density at radius 2 is 2.00 bits per heavy atom. The van der Waals surface area contributed by atoms with Gasteiger partial charge in [0.05, 0.1) is 13.2 Å². The van der Waals surface area contributed by atoms with E-state index >= 15 is 0 Å². The number of rotatable bonds is 6. The lowest BCUT2D eigenvalue weighted by molar-refractivity contribution is 0.210. The van der Waals surface area contributed by atoms with Crippen molar-refractivity contribution >= 4 is 5.82 Å². The summed E-state index contributed by atoms with van der Waals surface area (Å²) < 4.78 is 10.5. The van der Waals surface area contributed by atoms with Crippen molar-refractivity contribution in [1.82, 2.24) is 9.97 Å². The van der Waals surface area contributed by atoms with Gasteiger partial charge in [-0.3, -0.25) is 0 Å². The zero-order valence-electron chi connectivity index (χ0n) is 11.9. The molecule has 1 heterocycles. The molecule has 0 fully saturated rings. The SMILES string of the molecule is CCOc1cc(NCCOC)nc(C(C)(C)C)n1. The Morgan fingerprint density at radius 3 is 2.56 bits per heavy atom. The summed E-state index contributed by atoms with van der Waals surface area (Å²) in [6.45, 7) is 10.1. The molecule has 1 aromatic heterocycles. The Morgan fingerprint density at radius 1 is 1.28 bits per heavy atom. The van der Waals surface area contributed by atoms with Crippen LogP contribution in [0.5, 0.6) is 5.88 Å². The zero-order valence-corrected chi connectivity index (χ0v) is 11.9. The van der Waals surface area contributed by atoms with Crippen LogP contribution in [0.2, 0.25) is 0 Å². The number of ether oxygens (including phenoxy) is 2. The van der Waals surface area contributed by atoms with Crippen LogP contribution in [0, 0.1) is 0 Å². The van der Waals surface area contributed by atoms with Gasteiger partial charge in [-0.15, -0.1) is 0 Å². The molecule has 0 saturated carbocycles. The monoisotopic (exact) mass is 253 g/mol. The van der Waals surface area contributed by atoms with Crippen LogP contribution in [-0.4, -0.2) is 36.8 Å². The minimum absolute atomic E-state index is 0.106. The topological polar surface area (TPSA) is 56.3 Å². The van der Waals surface area contributed by atoms with Crippen LogP contribution in [0.25, 0.3) is 0 Å². The van der Waals surface area contributed by atoms with E-state index in [1.807, 2.05) is 13.0 Å². The highest BCUT2D eigenvalue weighted by atomic mass is 16.5. The number of anilines is 1. The summed E-state index contributed by atoms with van der Waals surface area (Å²) in [6.07, 6.45) is 0. The maximum atomic E-state index is 5.47. The van der Waals surface area contributed by atoms with E-state index in [1.54, 1.807) is 7.11 Å². The van der Waals surface area contributed by atoms with E-state index in [4.69, 9.17) is 9.47 Å². The molecule has 1 N–H and O–H groups in total. The number of aromatic nitrogens is 2. The average molecular weight is 253 g/mol. The summed E-state index contributed by atoms with van der Waals surface area (Å²) in [7, 11) is 1.67. The van der Waals surface area contributed by atoms with Crippen molar-refractivity contribution < 1.29 is 9.47 Å². The van der Waals surface area contributed by atoms with E-state index in [9.17, 15) is 0 Å². The van der Waals surface area contributed by atoms with Gasteiger partial charge in [0, 0.05) is 25.1 Å². The number of hydrogen-bond donors (Lipinski definition) is 1. The molecule has 0 bridgehead atoms. The van der Waals surface area contributed by atoms with Crippen molar-refractivity contribution in [2.24, 2.45) is 0 Å². The van der Waals surface area contributed by atoms with E-state index < -0.39 is 0 Å². The number of nitrogens with one attached hydrogen (secondary N) is 1. The molecule has 0 radical (unpaired) electrons. The van der Waals surface area contributed by atoms with Crippen molar-refractivity contribution in [1.29, 1.82) is 0 Å². The maximum Gasteiger partial charge on any atom is 0.218 e. The molecule has 18 heavy (non-hydrogen) atoms. The molecule has 0 aliphatic heterocycles. The van der Waals surface area contributed by atoms with E-state index in [0.29, 0.717) is 25.6 Å². The average Bonchev–Trinajstić information content (AvgIpc) is 2.28. The van der Waals surface area contributed by atoms with Gasteiger partial charge in [-0.25, -0.2) is 4.98 Å². The van der Waals surface area contributed by atoms with Gasteiger partial charge in [-0.05, 0) is 6.92 Å². The highest BCUT2D eigenvalue weighted by Gasteiger charge is 2.19. The zero-order chi connectivity index (χ0) is 13.6. The fraction of sp³-hybridized carbons (Fsp3) is 0.692. The molecule has 5 nitrogen and oxygen atoms in total. The predicted molar refractivity (Wildman–Crippen MR) is 72.3 cm³/mol. The van der Waals surface area contributed by atoms with Crippen molar-refractivity contribution in [2.75, 3.05) is 32.2 Å². The number of methoxy groups -OCH3 is 1. The van der Waals surface area contributed by atoms with Crippen molar-refractivity contribution in [3.8, 4) is 5.88 Å². The highest BCUT2D eigenvalue weighted by Crippen LogP contribution is 2.23. The quantitative estimate of drug-likeness (QED) is 0.788. The van der Waals surface area contributed by atoms with Gasteiger partial charge in [-0.2, -0.15) is 4.98 Å². The molecule has 5 heteroatoms. The molecular weight excluding hydrogens is 230 g/mol. The molecule has 0 atom stereocenters. The van der Waals surface area contributed by atoms with Gasteiger partial charge in [0.25, 0.3) is 0 Å². The molecule has 0 amide bonds. The maximum absolute atomic E-state index is 5.47. The summed E-state index contributed by atoms with van der Waals surface area (Å²) >= 11 is 0. The van der Waals surface area contributed by atoms with Crippen LogP contribution < -0.4 is 10.1 Å². The molecule has 0 aliphatic carbocycles. The molecule has 0 aromatic carbocycles. The van der Waals surface area contributed by atoms with Crippen LogP contribution in [0.1, 0.15) is 33.5 Å². The standard InChI is InChI=1S/C13H23N3O2/c1-6-18-11-9-10(14-7-8-17-5)15-12(16-11)13(2,3)4/h9H,6-8H2,1-5H3,(H,14,15,16). The molecule has 0 unspecified atom stereocenters. The van der Waals surface area contributed by atoms with Gasteiger partial charge in [-0.1, -0.05) is 20.8 Å². The van der Waals surface area contributed by atoms with Crippen molar-refractivity contribution in [2.45, 2.75) is 33.1 Å². The second-order valence-electron chi connectivity index (χ2n) is 5.02. The first-order chi connectivity index (χ1) is 8.47. The normalized spacial score (nSPS) is 11.4. The molecule has 1 rings (SSSR count). The molecule has 1 aromatic rings. The fourth-order valence-electron chi connectivity index (χ4n) is 1.35. The molecule has 102 valence electrons. The van der Waals surface area contributed by atoms with E-state index in [0.717, 1.165) is 11.6 Å². The van der Waals surface area contributed by atoms with Crippen LogP contribution in [0.3, 0.4) is 0 Å². The Kier molecular flexibility index (Phi) is 5.34. The van der Waals surface area contributed by atoms with E-state index in [1.165, 1.54) is 0 Å². The van der Waals surface area contributed by atoms with Crippen LogP contribution in [0.4, 0.5) is 5.82 Å². The molecule has 0 saturated heterocycles. The number of nitrogens with zero attached hydrogens (tertiary/aromatic N) is 2. The van der Waals surface area contributed by atoms with Gasteiger partial charge in [0.1, 0.15) is 11.6 Å². The summed E-state index contributed by atoms with van der Waals surface area (Å²) in [6, 6.07) is 1.81. The summed E-state index contributed by atoms with van der Waals surface area (Å²) in [5, 5.41) is 3.20. The fourth-order valence-corrected chi connectivity index (χ4v) is 1.35. The Bertz CT molecular complexity index is 375. The van der Waals surface area contributed by atoms with Crippen LogP contribution in [-0.2, 0) is 10.2 Å². The second kappa shape index (κ2) is 6.54. The van der Waals surface area contributed by atoms with E-state index in [-0.39, 0.29) is 5.41 Å². The minimum atomic E-state index is -0.106. The lowest BCUT2D eigenvalue weighted by Gasteiger charge is -2.18. The largest absolute Gasteiger partial charge is 0.478 e. The van der Waals surface area contributed by atoms with E-state index in [2.05, 4.69) is 36.1 Å². The van der Waals surface area contributed by atoms with Gasteiger partial charge < -0.3 is 14.8 Å². The lowest BCUT2D eigenvalue weighted by atomic mass is 9.96. The third-order valence-corrected chi connectivity index (χ3v) is 2.28. The predicted octanol–water partition coefficient (Wildman–Crippen LogP) is 2.23. The molecular formula is C13H23N3O2. The second-order valence-corrected chi connectivity index (χ2v) is 5.02. The third kappa shape index (κ3) is 4.49. The first-order valence-electron chi connectivity index (χ1n) is 6.22. The van der Waals surface area contributed by atoms with Gasteiger partial charge in [0.15, 0.2) is 0 Å². The molecule has 0 spiro atoms.